The monoisotopic (exact) mass is 236 g/mol. The second-order valence-corrected chi connectivity index (χ2v) is 3.22. The van der Waals surface area contributed by atoms with E-state index in [-0.39, 0.29) is 36.9 Å². The number of hydrogen-bond donors (Lipinski definition) is 2. The Hall–Kier alpha value is 0.360. The van der Waals surface area contributed by atoms with E-state index in [1.165, 1.54) is 6.92 Å². The Morgan fingerprint density at radius 3 is 2.08 bits per heavy atom. The average molecular weight is 237 g/mol. The second-order valence-electron chi connectivity index (χ2n) is 3.22. The fraction of sp³-hybridized carbons (Fsp3) is 1.00. The van der Waals surface area contributed by atoms with Gasteiger partial charge in [-0.2, -0.15) is 0 Å². The molecule has 1 atom stereocenters. The molecule has 1 unspecified atom stereocenters. The number of rotatable bonds is 3. The summed E-state index contributed by atoms with van der Waals surface area (Å²) in [5.41, 5.74) is 5.49. The van der Waals surface area contributed by atoms with Crippen LogP contribution in [0.5, 0.6) is 0 Å². The van der Waals surface area contributed by atoms with E-state index in [4.69, 9.17) is 5.73 Å². The van der Waals surface area contributed by atoms with E-state index >= 15 is 0 Å². The molecule has 1 aliphatic rings. The number of nitrogens with one attached hydrogen (secondary N) is 1. The van der Waals surface area contributed by atoms with Crippen molar-refractivity contribution in [2.45, 2.75) is 44.3 Å². The Labute approximate surface area is 89.5 Å². The van der Waals surface area contributed by atoms with Gasteiger partial charge < -0.3 is 11.1 Å². The van der Waals surface area contributed by atoms with Crippen LogP contribution >= 0.6 is 24.8 Å². The van der Waals surface area contributed by atoms with Crippen LogP contribution < -0.4 is 11.1 Å². The fourth-order valence-corrected chi connectivity index (χ4v) is 1.24. The van der Waals surface area contributed by atoms with E-state index in [1.807, 2.05) is 0 Å². The van der Waals surface area contributed by atoms with Crippen LogP contribution in [0.3, 0.4) is 0 Å². The maximum atomic E-state index is 12.0. The molecule has 0 bridgehead atoms. The van der Waals surface area contributed by atoms with Gasteiger partial charge in [-0.05, 0) is 19.8 Å². The first-order valence-corrected chi connectivity index (χ1v) is 3.89. The van der Waals surface area contributed by atoms with Crippen molar-refractivity contribution >= 4 is 24.8 Å². The van der Waals surface area contributed by atoms with E-state index in [9.17, 15) is 8.78 Å². The molecular formula is C7H16Cl2F2N2. The minimum absolute atomic E-state index is 0. The molecule has 13 heavy (non-hydrogen) atoms. The molecule has 3 N–H and O–H groups in total. The maximum Gasteiger partial charge on any atom is 0.253 e. The average Bonchev–Trinajstić information content (AvgIpc) is 1.84. The van der Waals surface area contributed by atoms with Gasteiger partial charge >= 0.3 is 0 Å². The van der Waals surface area contributed by atoms with Crippen molar-refractivity contribution in [3.05, 3.63) is 0 Å². The second kappa shape index (κ2) is 6.76. The summed E-state index contributed by atoms with van der Waals surface area (Å²) in [4.78, 5) is 0. The number of nitrogens with two attached hydrogens (primary N) is 1. The van der Waals surface area contributed by atoms with Crippen molar-refractivity contribution < 1.29 is 8.78 Å². The molecule has 0 aromatic heterocycles. The Morgan fingerprint density at radius 1 is 1.31 bits per heavy atom. The molecule has 6 heteroatoms. The predicted octanol–water partition coefficient (Wildman–Crippen LogP) is 1.56. The van der Waals surface area contributed by atoms with Gasteiger partial charge in [-0.3, -0.25) is 0 Å². The molecule has 0 radical (unpaired) electrons. The van der Waals surface area contributed by atoms with Crippen molar-refractivity contribution in [1.82, 2.24) is 5.32 Å². The zero-order valence-electron chi connectivity index (χ0n) is 7.37. The van der Waals surface area contributed by atoms with E-state index < -0.39 is 12.5 Å². The van der Waals surface area contributed by atoms with E-state index in [0.29, 0.717) is 0 Å². The van der Waals surface area contributed by atoms with Crippen LogP contribution in [0.25, 0.3) is 0 Å². The molecular weight excluding hydrogens is 221 g/mol. The SMILES string of the molecule is CC(N[C@H]1C[C@H](N)C1)C(F)F.Cl.Cl. The van der Waals surface area contributed by atoms with Gasteiger partial charge in [0.05, 0.1) is 6.04 Å². The summed E-state index contributed by atoms with van der Waals surface area (Å²) in [6.07, 6.45) is -0.611. The molecule has 1 aliphatic carbocycles. The van der Waals surface area contributed by atoms with Gasteiger partial charge in [-0.1, -0.05) is 0 Å². The van der Waals surface area contributed by atoms with Gasteiger partial charge in [0.25, 0.3) is 6.43 Å². The van der Waals surface area contributed by atoms with E-state index in [0.717, 1.165) is 12.8 Å². The third kappa shape index (κ3) is 4.96. The molecule has 0 amide bonds. The van der Waals surface area contributed by atoms with Crippen LogP contribution in [0.2, 0.25) is 0 Å². The lowest BCUT2D eigenvalue weighted by Gasteiger charge is -2.35. The summed E-state index contributed by atoms with van der Waals surface area (Å²) in [7, 11) is 0. The van der Waals surface area contributed by atoms with Crippen LogP contribution in [0, 0.1) is 0 Å². The van der Waals surface area contributed by atoms with Crippen molar-refractivity contribution in [2.75, 3.05) is 0 Å². The molecule has 1 saturated carbocycles. The van der Waals surface area contributed by atoms with Crippen LogP contribution in [0.4, 0.5) is 8.78 Å². The molecule has 0 saturated heterocycles. The van der Waals surface area contributed by atoms with Crippen molar-refractivity contribution in [1.29, 1.82) is 0 Å². The zero-order chi connectivity index (χ0) is 8.43. The van der Waals surface area contributed by atoms with Crippen LogP contribution in [-0.2, 0) is 0 Å². The van der Waals surface area contributed by atoms with Crippen LogP contribution in [0.15, 0.2) is 0 Å². The van der Waals surface area contributed by atoms with Crippen molar-refractivity contribution in [3.63, 3.8) is 0 Å². The molecule has 0 aliphatic heterocycles. The highest BCUT2D eigenvalue weighted by Gasteiger charge is 2.28. The topological polar surface area (TPSA) is 38.0 Å². The highest BCUT2D eigenvalue weighted by Crippen LogP contribution is 2.18. The fourth-order valence-electron chi connectivity index (χ4n) is 1.24. The number of hydrogen-bond acceptors (Lipinski definition) is 2. The molecule has 0 aromatic carbocycles. The summed E-state index contributed by atoms with van der Waals surface area (Å²) >= 11 is 0. The lowest BCUT2D eigenvalue weighted by atomic mass is 9.87. The lowest BCUT2D eigenvalue weighted by molar-refractivity contribution is 0.0897. The summed E-state index contributed by atoms with van der Waals surface area (Å²) in [6.45, 7) is 1.49. The highest BCUT2D eigenvalue weighted by molar-refractivity contribution is 5.85. The maximum absolute atomic E-state index is 12.0. The first-order valence-electron chi connectivity index (χ1n) is 3.89. The largest absolute Gasteiger partial charge is 0.328 e. The van der Waals surface area contributed by atoms with Gasteiger partial charge in [0.2, 0.25) is 0 Å². The smallest absolute Gasteiger partial charge is 0.253 e. The normalized spacial score (nSPS) is 28.4. The molecule has 2 nitrogen and oxygen atoms in total. The minimum atomic E-state index is -2.27. The minimum Gasteiger partial charge on any atom is -0.328 e. The van der Waals surface area contributed by atoms with Gasteiger partial charge in [0.15, 0.2) is 0 Å². The highest BCUT2D eigenvalue weighted by atomic mass is 35.5. The van der Waals surface area contributed by atoms with Crippen molar-refractivity contribution in [3.8, 4) is 0 Å². The van der Waals surface area contributed by atoms with Gasteiger partial charge in [0.1, 0.15) is 0 Å². The standard InChI is InChI=1S/C7H14F2N2.2ClH/c1-4(7(8)9)11-6-2-5(10)3-6;;/h4-7,11H,2-3,10H2,1H3;2*1H/t4?,5-,6-;;. The summed E-state index contributed by atoms with van der Waals surface area (Å²) < 4.78 is 23.9. The van der Waals surface area contributed by atoms with Crippen molar-refractivity contribution in [2.24, 2.45) is 5.73 Å². The summed E-state index contributed by atoms with van der Waals surface area (Å²) in [5.74, 6) is 0. The third-order valence-corrected chi connectivity index (χ3v) is 2.05. The Bertz CT molecular complexity index is 132. The first kappa shape index (κ1) is 15.8. The molecule has 0 heterocycles. The molecule has 1 fully saturated rings. The van der Waals surface area contributed by atoms with E-state index in [1.54, 1.807) is 0 Å². The van der Waals surface area contributed by atoms with Crippen LogP contribution in [0.1, 0.15) is 19.8 Å². The third-order valence-electron chi connectivity index (χ3n) is 2.05. The molecule has 0 spiro atoms. The summed E-state index contributed by atoms with van der Waals surface area (Å²) in [5, 5.41) is 2.82. The Morgan fingerprint density at radius 2 is 1.77 bits per heavy atom. The Kier molecular flexibility index (Phi) is 8.23. The van der Waals surface area contributed by atoms with Gasteiger partial charge in [0, 0.05) is 12.1 Å². The van der Waals surface area contributed by atoms with Gasteiger partial charge in [-0.15, -0.1) is 24.8 Å². The lowest BCUT2D eigenvalue weighted by Crippen LogP contribution is -2.52. The van der Waals surface area contributed by atoms with Crippen LogP contribution in [-0.4, -0.2) is 24.6 Å². The summed E-state index contributed by atoms with van der Waals surface area (Å²) in [6, 6.07) is -0.265. The number of halogens is 4. The van der Waals surface area contributed by atoms with Gasteiger partial charge in [-0.25, -0.2) is 8.78 Å². The zero-order valence-corrected chi connectivity index (χ0v) is 9.01. The first-order chi connectivity index (χ1) is 5.09. The molecule has 1 rings (SSSR count). The predicted molar refractivity (Wildman–Crippen MR) is 54.1 cm³/mol. The van der Waals surface area contributed by atoms with E-state index in [2.05, 4.69) is 5.32 Å². The quantitative estimate of drug-likeness (QED) is 0.781. The Balaban J connectivity index is 0. The molecule has 0 aromatic rings. The number of alkyl halides is 2. The molecule has 82 valence electrons.